The second-order valence-corrected chi connectivity index (χ2v) is 5.76. The average molecular weight is 348 g/mol. The van der Waals surface area contributed by atoms with Gasteiger partial charge in [0, 0.05) is 45.0 Å². The number of nitriles is 1. The van der Waals surface area contributed by atoms with Gasteiger partial charge in [-0.15, -0.1) is 0 Å². The van der Waals surface area contributed by atoms with Crippen LogP contribution in [0.3, 0.4) is 0 Å². The van der Waals surface area contributed by atoms with E-state index in [-0.39, 0.29) is 17.4 Å². The van der Waals surface area contributed by atoms with Crippen LogP contribution in [0.2, 0.25) is 5.02 Å². The smallest absolute Gasteiger partial charge is 0.266 e. The van der Waals surface area contributed by atoms with Crippen LogP contribution in [0, 0.1) is 11.3 Å². The second kappa shape index (κ2) is 7.70. The molecule has 2 rings (SSSR count). The van der Waals surface area contributed by atoms with E-state index in [1.165, 1.54) is 13.1 Å². The maximum absolute atomic E-state index is 12.4. The van der Waals surface area contributed by atoms with Crippen LogP contribution in [0.15, 0.2) is 30.0 Å². The van der Waals surface area contributed by atoms with Crippen molar-refractivity contribution in [3.63, 3.8) is 0 Å². The SMILES string of the molecule is CC(=O)N1CCN(C(=O)/C(C#N)=C\Nc2ccc(N)c(Cl)c2)CC1. The van der Waals surface area contributed by atoms with Crippen LogP contribution in [0.1, 0.15) is 6.92 Å². The van der Waals surface area contributed by atoms with Gasteiger partial charge in [0.05, 0.1) is 10.7 Å². The molecular weight excluding hydrogens is 330 g/mol. The number of nitrogens with two attached hydrogens (primary N) is 1. The lowest BCUT2D eigenvalue weighted by atomic mass is 10.2. The van der Waals surface area contributed by atoms with Crippen molar-refractivity contribution >= 4 is 34.8 Å². The number of hydrogen-bond donors (Lipinski definition) is 2. The minimum Gasteiger partial charge on any atom is -0.398 e. The molecule has 0 spiro atoms. The Labute approximate surface area is 145 Å². The van der Waals surface area contributed by atoms with Crippen LogP contribution in [0.5, 0.6) is 0 Å². The maximum Gasteiger partial charge on any atom is 0.266 e. The van der Waals surface area contributed by atoms with Gasteiger partial charge in [-0.25, -0.2) is 0 Å². The largest absolute Gasteiger partial charge is 0.398 e. The highest BCUT2D eigenvalue weighted by atomic mass is 35.5. The Morgan fingerprint density at radius 2 is 1.92 bits per heavy atom. The Morgan fingerprint density at radius 1 is 1.29 bits per heavy atom. The molecule has 1 saturated heterocycles. The van der Waals surface area contributed by atoms with Gasteiger partial charge in [-0.3, -0.25) is 9.59 Å². The number of carbonyl (C=O) groups is 2. The number of hydrogen-bond acceptors (Lipinski definition) is 5. The molecule has 1 heterocycles. The molecule has 0 aliphatic carbocycles. The van der Waals surface area contributed by atoms with E-state index in [2.05, 4.69) is 5.32 Å². The monoisotopic (exact) mass is 347 g/mol. The van der Waals surface area contributed by atoms with E-state index < -0.39 is 0 Å². The summed E-state index contributed by atoms with van der Waals surface area (Å²) in [6, 6.07) is 6.84. The molecule has 0 atom stereocenters. The van der Waals surface area contributed by atoms with Gasteiger partial charge in [0.2, 0.25) is 5.91 Å². The molecule has 3 N–H and O–H groups in total. The summed E-state index contributed by atoms with van der Waals surface area (Å²) in [5, 5.41) is 12.5. The number of piperazine rings is 1. The predicted molar refractivity (Wildman–Crippen MR) is 92.0 cm³/mol. The summed E-state index contributed by atoms with van der Waals surface area (Å²) in [5.74, 6) is -0.380. The van der Waals surface area contributed by atoms with Crippen LogP contribution in [-0.4, -0.2) is 47.8 Å². The minimum absolute atomic E-state index is 0.0138. The average Bonchev–Trinajstić information content (AvgIpc) is 2.58. The number of anilines is 2. The zero-order chi connectivity index (χ0) is 17.7. The summed E-state index contributed by atoms with van der Waals surface area (Å²) in [7, 11) is 0. The highest BCUT2D eigenvalue weighted by molar-refractivity contribution is 6.33. The molecule has 0 aromatic heterocycles. The second-order valence-electron chi connectivity index (χ2n) is 5.35. The molecule has 7 nitrogen and oxygen atoms in total. The van der Waals surface area contributed by atoms with Crippen molar-refractivity contribution in [3.8, 4) is 6.07 Å². The van der Waals surface area contributed by atoms with Crippen molar-refractivity contribution in [2.45, 2.75) is 6.92 Å². The number of amides is 2. The lowest BCUT2D eigenvalue weighted by Crippen LogP contribution is -2.50. The quantitative estimate of drug-likeness (QED) is 0.489. The first kappa shape index (κ1) is 17.6. The molecule has 0 radical (unpaired) electrons. The normalized spacial score (nSPS) is 15.0. The van der Waals surface area contributed by atoms with Crippen molar-refractivity contribution in [2.24, 2.45) is 0 Å². The van der Waals surface area contributed by atoms with Crippen molar-refractivity contribution in [3.05, 3.63) is 35.0 Å². The minimum atomic E-state index is -0.366. The highest BCUT2D eigenvalue weighted by Gasteiger charge is 2.24. The molecular formula is C16H18ClN5O2. The van der Waals surface area contributed by atoms with Gasteiger partial charge in [0.25, 0.3) is 5.91 Å². The number of nitrogens with one attached hydrogen (secondary N) is 1. The molecule has 0 saturated carbocycles. The van der Waals surface area contributed by atoms with Crippen molar-refractivity contribution in [1.82, 2.24) is 9.80 Å². The molecule has 1 aromatic carbocycles. The number of benzene rings is 1. The van der Waals surface area contributed by atoms with Gasteiger partial charge >= 0.3 is 0 Å². The summed E-state index contributed by atoms with van der Waals surface area (Å²) < 4.78 is 0. The molecule has 0 unspecified atom stereocenters. The fourth-order valence-electron chi connectivity index (χ4n) is 2.31. The van der Waals surface area contributed by atoms with E-state index in [1.807, 2.05) is 6.07 Å². The summed E-state index contributed by atoms with van der Waals surface area (Å²) >= 11 is 5.93. The molecule has 24 heavy (non-hydrogen) atoms. The van der Waals surface area contributed by atoms with Crippen LogP contribution in [-0.2, 0) is 9.59 Å². The lowest BCUT2D eigenvalue weighted by Gasteiger charge is -2.34. The first-order chi connectivity index (χ1) is 11.4. The Hall–Kier alpha value is -2.72. The Morgan fingerprint density at radius 3 is 2.46 bits per heavy atom. The predicted octanol–water partition coefficient (Wildman–Crippen LogP) is 1.43. The number of rotatable bonds is 3. The zero-order valence-electron chi connectivity index (χ0n) is 13.3. The van der Waals surface area contributed by atoms with E-state index in [1.54, 1.807) is 28.0 Å². The Bertz CT molecular complexity index is 718. The van der Waals surface area contributed by atoms with Gasteiger partial charge in [-0.05, 0) is 18.2 Å². The van der Waals surface area contributed by atoms with E-state index in [0.717, 1.165) is 0 Å². The first-order valence-corrected chi connectivity index (χ1v) is 7.76. The van der Waals surface area contributed by atoms with Gasteiger partial charge in [-0.1, -0.05) is 11.6 Å². The zero-order valence-corrected chi connectivity index (χ0v) is 14.0. The third kappa shape index (κ3) is 4.18. The summed E-state index contributed by atoms with van der Waals surface area (Å²) in [6.07, 6.45) is 1.35. The summed E-state index contributed by atoms with van der Waals surface area (Å²) in [5.41, 5.74) is 6.69. The standard InChI is InChI=1S/C16H18ClN5O2/c1-11(23)21-4-6-22(7-5-21)16(24)12(9-18)10-20-13-2-3-15(19)14(17)8-13/h2-3,8,10,20H,4-7,19H2,1H3/b12-10-. The fourth-order valence-corrected chi connectivity index (χ4v) is 2.49. The maximum atomic E-state index is 12.4. The highest BCUT2D eigenvalue weighted by Crippen LogP contribution is 2.22. The fraction of sp³-hybridized carbons (Fsp3) is 0.312. The molecule has 1 fully saturated rings. The number of nitrogen functional groups attached to an aromatic ring is 1. The summed E-state index contributed by atoms with van der Waals surface area (Å²) in [4.78, 5) is 26.9. The third-order valence-electron chi connectivity index (χ3n) is 3.75. The van der Waals surface area contributed by atoms with Gasteiger partial charge < -0.3 is 20.9 Å². The topological polar surface area (TPSA) is 102 Å². The van der Waals surface area contributed by atoms with Crippen LogP contribution >= 0.6 is 11.6 Å². The number of nitrogens with zero attached hydrogens (tertiary/aromatic N) is 3. The lowest BCUT2D eigenvalue weighted by molar-refractivity contribution is -0.136. The van der Waals surface area contributed by atoms with E-state index in [4.69, 9.17) is 17.3 Å². The van der Waals surface area contributed by atoms with E-state index in [9.17, 15) is 14.9 Å². The number of halogens is 1. The van der Waals surface area contributed by atoms with Gasteiger partial charge in [0.15, 0.2) is 0 Å². The van der Waals surface area contributed by atoms with E-state index >= 15 is 0 Å². The summed E-state index contributed by atoms with van der Waals surface area (Å²) in [6.45, 7) is 3.26. The van der Waals surface area contributed by atoms with E-state index in [0.29, 0.717) is 42.6 Å². The molecule has 1 aromatic rings. The van der Waals surface area contributed by atoms with Crippen molar-refractivity contribution in [1.29, 1.82) is 5.26 Å². The molecule has 126 valence electrons. The molecule has 1 aliphatic rings. The van der Waals surface area contributed by atoms with Gasteiger partial charge in [0.1, 0.15) is 11.6 Å². The van der Waals surface area contributed by atoms with Crippen LogP contribution in [0.4, 0.5) is 11.4 Å². The molecule has 2 amide bonds. The molecule has 0 bridgehead atoms. The van der Waals surface area contributed by atoms with Crippen LogP contribution < -0.4 is 11.1 Å². The number of carbonyl (C=O) groups excluding carboxylic acids is 2. The Balaban J connectivity index is 2.02. The van der Waals surface area contributed by atoms with Gasteiger partial charge in [-0.2, -0.15) is 5.26 Å². The van der Waals surface area contributed by atoms with Crippen molar-refractivity contribution in [2.75, 3.05) is 37.2 Å². The van der Waals surface area contributed by atoms with Crippen molar-refractivity contribution < 1.29 is 9.59 Å². The molecule has 8 heteroatoms. The van der Waals surface area contributed by atoms with Crippen LogP contribution in [0.25, 0.3) is 0 Å². The first-order valence-electron chi connectivity index (χ1n) is 7.39. The molecule has 1 aliphatic heterocycles. The Kier molecular flexibility index (Phi) is 5.66. The third-order valence-corrected chi connectivity index (χ3v) is 4.07.